The molecule has 2 heterocycles. The number of anilines is 1. The van der Waals surface area contributed by atoms with Crippen LogP contribution in [0.3, 0.4) is 0 Å². The van der Waals surface area contributed by atoms with Gasteiger partial charge in [0.05, 0.1) is 13.3 Å². The first kappa shape index (κ1) is 13.2. The molecule has 7 nitrogen and oxygen atoms in total. The Bertz CT molecular complexity index is 739. The maximum absolute atomic E-state index is 5.75. The number of benzene rings is 1. The highest BCUT2D eigenvalue weighted by molar-refractivity contribution is 5.53. The molecular weight excluding hydrogens is 270 g/mol. The van der Waals surface area contributed by atoms with E-state index in [0.717, 1.165) is 11.3 Å². The van der Waals surface area contributed by atoms with Crippen LogP contribution < -0.4 is 20.7 Å². The summed E-state index contributed by atoms with van der Waals surface area (Å²) in [6, 6.07) is 7.64. The molecule has 2 aromatic heterocycles. The van der Waals surface area contributed by atoms with Crippen molar-refractivity contribution in [2.75, 3.05) is 12.5 Å². The van der Waals surface area contributed by atoms with Gasteiger partial charge in [-0.15, -0.1) is 0 Å². The number of hydrogen-bond acceptors (Lipinski definition) is 6. The topological polar surface area (TPSA) is 86.7 Å². The number of ether oxygens (including phenoxy) is 2. The highest BCUT2D eigenvalue weighted by atomic mass is 16.5. The van der Waals surface area contributed by atoms with Gasteiger partial charge in [0.2, 0.25) is 5.65 Å². The van der Waals surface area contributed by atoms with Crippen LogP contribution in [-0.2, 0) is 6.61 Å². The van der Waals surface area contributed by atoms with Crippen molar-refractivity contribution in [1.82, 2.24) is 14.4 Å². The molecule has 0 bridgehead atoms. The number of hydrogen-bond donors (Lipinski definition) is 2. The minimum atomic E-state index is 0.382. The van der Waals surface area contributed by atoms with Gasteiger partial charge in [-0.2, -0.15) is 4.98 Å². The summed E-state index contributed by atoms with van der Waals surface area (Å²) >= 11 is 0. The largest absolute Gasteiger partial charge is 0.497 e. The molecule has 1 aromatic carbocycles. The molecule has 21 heavy (non-hydrogen) atoms. The average molecular weight is 285 g/mol. The van der Waals surface area contributed by atoms with Crippen LogP contribution in [0.15, 0.2) is 42.9 Å². The van der Waals surface area contributed by atoms with Crippen molar-refractivity contribution in [2.45, 2.75) is 6.61 Å². The Morgan fingerprint density at radius 1 is 1.29 bits per heavy atom. The molecule has 0 unspecified atom stereocenters. The first-order valence-electron chi connectivity index (χ1n) is 6.36. The molecule has 108 valence electrons. The third kappa shape index (κ3) is 2.72. The van der Waals surface area contributed by atoms with Crippen molar-refractivity contribution in [3.05, 3.63) is 48.4 Å². The Balaban J connectivity index is 1.81. The van der Waals surface area contributed by atoms with E-state index in [0.29, 0.717) is 24.0 Å². The standard InChI is InChI=1S/C14H15N5O2/c1-20-11-4-2-10(3-5-11)9-21-14-13-16-6-7-19(13)8-12(17-14)18-15/h2-8,18H,9,15H2,1H3. The minimum Gasteiger partial charge on any atom is -0.497 e. The summed E-state index contributed by atoms with van der Waals surface area (Å²) in [5.74, 6) is 7.14. The summed E-state index contributed by atoms with van der Waals surface area (Å²) in [7, 11) is 1.63. The van der Waals surface area contributed by atoms with E-state index in [1.165, 1.54) is 0 Å². The van der Waals surface area contributed by atoms with Gasteiger partial charge in [0.15, 0.2) is 5.82 Å². The molecule has 0 spiro atoms. The van der Waals surface area contributed by atoms with Gasteiger partial charge in [0.1, 0.15) is 12.4 Å². The smallest absolute Gasteiger partial charge is 0.260 e. The van der Waals surface area contributed by atoms with Gasteiger partial charge in [-0.1, -0.05) is 12.1 Å². The number of hydrazine groups is 1. The van der Waals surface area contributed by atoms with Gasteiger partial charge < -0.3 is 14.9 Å². The maximum Gasteiger partial charge on any atom is 0.260 e. The zero-order valence-corrected chi connectivity index (χ0v) is 11.5. The molecular formula is C14H15N5O2. The Morgan fingerprint density at radius 2 is 2.10 bits per heavy atom. The third-order valence-corrected chi connectivity index (χ3v) is 3.03. The number of nitrogens with two attached hydrogens (primary N) is 1. The van der Waals surface area contributed by atoms with Crippen molar-refractivity contribution in [1.29, 1.82) is 0 Å². The predicted molar refractivity (Wildman–Crippen MR) is 78.1 cm³/mol. The molecule has 0 fully saturated rings. The van der Waals surface area contributed by atoms with Crippen molar-refractivity contribution >= 4 is 11.5 Å². The van der Waals surface area contributed by atoms with E-state index in [2.05, 4.69) is 15.4 Å². The second-order valence-electron chi connectivity index (χ2n) is 4.37. The molecule has 0 atom stereocenters. The fraction of sp³-hybridized carbons (Fsp3) is 0.143. The molecule has 0 aliphatic carbocycles. The number of methoxy groups -OCH3 is 1. The molecule has 3 N–H and O–H groups in total. The second-order valence-corrected chi connectivity index (χ2v) is 4.37. The van der Waals surface area contributed by atoms with E-state index in [1.807, 2.05) is 24.3 Å². The number of nitrogens with zero attached hydrogens (tertiary/aromatic N) is 3. The van der Waals surface area contributed by atoms with Crippen molar-refractivity contribution in [3.63, 3.8) is 0 Å². The molecule has 0 radical (unpaired) electrons. The summed E-state index contributed by atoms with van der Waals surface area (Å²) in [6.45, 7) is 0.382. The molecule has 3 rings (SSSR count). The van der Waals surface area contributed by atoms with E-state index in [-0.39, 0.29) is 0 Å². The quantitative estimate of drug-likeness (QED) is 0.547. The molecule has 3 aromatic rings. The number of rotatable bonds is 5. The number of nitrogens with one attached hydrogen (secondary N) is 1. The van der Waals surface area contributed by atoms with Gasteiger partial charge in [-0.05, 0) is 17.7 Å². The zero-order valence-electron chi connectivity index (χ0n) is 11.5. The summed E-state index contributed by atoms with van der Waals surface area (Å²) in [6.07, 6.45) is 5.22. The van der Waals surface area contributed by atoms with Crippen molar-refractivity contribution in [3.8, 4) is 11.6 Å². The number of imidazole rings is 1. The van der Waals surface area contributed by atoms with Crippen molar-refractivity contribution < 1.29 is 9.47 Å². The van der Waals surface area contributed by atoms with Crippen LogP contribution in [0, 0.1) is 0 Å². The van der Waals surface area contributed by atoms with E-state index >= 15 is 0 Å². The first-order valence-corrected chi connectivity index (χ1v) is 6.36. The van der Waals surface area contributed by atoms with E-state index in [1.54, 1.807) is 30.1 Å². The highest BCUT2D eigenvalue weighted by Gasteiger charge is 2.08. The van der Waals surface area contributed by atoms with E-state index in [9.17, 15) is 0 Å². The lowest BCUT2D eigenvalue weighted by Crippen LogP contribution is -2.11. The number of nitrogen functional groups attached to an aromatic ring is 1. The van der Waals surface area contributed by atoms with Gasteiger partial charge in [0.25, 0.3) is 5.88 Å². The lowest BCUT2D eigenvalue weighted by molar-refractivity contribution is 0.296. The second kappa shape index (κ2) is 5.68. The zero-order chi connectivity index (χ0) is 14.7. The van der Waals surface area contributed by atoms with Crippen LogP contribution in [0.5, 0.6) is 11.6 Å². The first-order chi connectivity index (χ1) is 10.3. The molecule has 0 aliphatic rings. The summed E-state index contributed by atoms with van der Waals surface area (Å²) in [4.78, 5) is 8.49. The molecule has 7 heteroatoms. The fourth-order valence-electron chi connectivity index (χ4n) is 1.94. The lowest BCUT2D eigenvalue weighted by Gasteiger charge is -2.09. The number of aromatic nitrogens is 3. The van der Waals surface area contributed by atoms with Crippen LogP contribution in [0.2, 0.25) is 0 Å². The summed E-state index contributed by atoms with van der Waals surface area (Å²) in [5.41, 5.74) is 4.16. The molecule has 0 aliphatic heterocycles. The van der Waals surface area contributed by atoms with E-state index < -0.39 is 0 Å². The van der Waals surface area contributed by atoms with Gasteiger partial charge >= 0.3 is 0 Å². The highest BCUT2D eigenvalue weighted by Crippen LogP contribution is 2.20. The van der Waals surface area contributed by atoms with Crippen LogP contribution in [0.1, 0.15) is 5.56 Å². The maximum atomic E-state index is 5.75. The monoisotopic (exact) mass is 285 g/mol. The van der Waals surface area contributed by atoms with E-state index in [4.69, 9.17) is 15.3 Å². The van der Waals surface area contributed by atoms with Gasteiger partial charge in [0, 0.05) is 12.4 Å². The van der Waals surface area contributed by atoms with Crippen LogP contribution >= 0.6 is 0 Å². The van der Waals surface area contributed by atoms with Crippen LogP contribution in [0.25, 0.3) is 5.65 Å². The Labute approximate surface area is 121 Å². The minimum absolute atomic E-state index is 0.382. The Kier molecular flexibility index (Phi) is 3.57. The third-order valence-electron chi connectivity index (χ3n) is 3.03. The average Bonchev–Trinajstić information content (AvgIpc) is 3.01. The van der Waals surface area contributed by atoms with Crippen LogP contribution in [0.4, 0.5) is 5.82 Å². The lowest BCUT2D eigenvalue weighted by atomic mass is 10.2. The Hall–Kier alpha value is -2.80. The molecule has 0 saturated heterocycles. The normalized spacial score (nSPS) is 10.6. The molecule has 0 saturated carbocycles. The van der Waals surface area contributed by atoms with Crippen molar-refractivity contribution in [2.24, 2.45) is 5.84 Å². The number of fused-ring (bicyclic) bond motifs is 1. The predicted octanol–water partition coefficient (Wildman–Crippen LogP) is 1.60. The Morgan fingerprint density at radius 3 is 2.81 bits per heavy atom. The van der Waals surface area contributed by atoms with Gasteiger partial charge in [-0.25, -0.2) is 10.8 Å². The molecule has 0 amide bonds. The van der Waals surface area contributed by atoms with Crippen LogP contribution in [-0.4, -0.2) is 21.5 Å². The summed E-state index contributed by atoms with van der Waals surface area (Å²) < 4.78 is 12.7. The summed E-state index contributed by atoms with van der Waals surface area (Å²) in [5, 5.41) is 0. The van der Waals surface area contributed by atoms with Gasteiger partial charge in [-0.3, -0.25) is 4.40 Å². The SMILES string of the molecule is COc1ccc(COc2nc(NN)cn3ccnc23)cc1. The fourth-order valence-corrected chi connectivity index (χ4v) is 1.94.